The largest absolute Gasteiger partial charge is 0.376 e. The van der Waals surface area contributed by atoms with E-state index < -0.39 is 5.41 Å². The Balaban J connectivity index is 1.98. The van der Waals surface area contributed by atoms with E-state index in [2.05, 4.69) is 35.0 Å². The predicted molar refractivity (Wildman–Crippen MR) is 112 cm³/mol. The molecule has 27 heavy (non-hydrogen) atoms. The summed E-state index contributed by atoms with van der Waals surface area (Å²) in [6, 6.07) is 11.3. The normalized spacial score (nSPS) is 11.0. The monoisotopic (exact) mass is 367 g/mol. The van der Waals surface area contributed by atoms with Crippen LogP contribution in [0.2, 0.25) is 0 Å². The maximum absolute atomic E-state index is 12.3. The van der Waals surface area contributed by atoms with Gasteiger partial charge in [0.2, 0.25) is 11.8 Å². The molecule has 2 rings (SSSR count). The van der Waals surface area contributed by atoms with Crippen LogP contribution in [0.1, 0.15) is 37.5 Å². The van der Waals surface area contributed by atoms with E-state index >= 15 is 0 Å². The molecule has 0 spiro atoms. The second-order valence-corrected chi connectivity index (χ2v) is 7.96. The maximum Gasteiger partial charge on any atom is 0.243 e. The fourth-order valence-corrected chi connectivity index (χ4v) is 2.83. The van der Waals surface area contributed by atoms with Gasteiger partial charge < -0.3 is 16.0 Å². The lowest BCUT2D eigenvalue weighted by Gasteiger charge is -2.18. The molecule has 0 saturated carbocycles. The van der Waals surface area contributed by atoms with Gasteiger partial charge >= 0.3 is 0 Å². The summed E-state index contributed by atoms with van der Waals surface area (Å²) < 4.78 is 0. The van der Waals surface area contributed by atoms with Crippen molar-refractivity contribution < 1.29 is 9.59 Å². The van der Waals surface area contributed by atoms with Gasteiger partial charge in [0.25, 0.3) is 0 Å². The van der Waals surface area contributed by atoms with Gasteiger partial charge in [0.05, 0.1) is 6.54 Å². The molecule has 0 fully saturated rings. The zero-order valence-electron chi connectivity index (χ0n) is 17.0. The van der Waals surface area contributed by atoms with Gasteiger partial charge in [-0.3, -0.25) is 9.59 Å². The topological polar surface area (TPSA) is 70.2 Å². The molecule has 2 aromatic carbocycles. The molecule has 0 saturated heterocycles. The van der Waals surface area contributed by atoms with E-state index in [0.717, 1.165) is 16.8 Å². The zero-order chi connectivity index (χ0) is 20.2. The number of benzene rings is 2. The van der Waals surface area contributed by atoms with Crippen molar-refractivity contribution in [2.24, 2.45) is 5.41 Å². The van der Waals surface area contributed by atoms with Crippen molar-refractivity contribution in [3.8, 4) is 0 Å². The number of carbonyl (C=O) groups excluding carboxylic acids is 2. The molecule has 2 amide bonds. The number of rotatable bonds is 5. The first-order valence-corrected chi connectivity index (χ1v) is 9.09. The van der Waals surface area contributed by atoms with E-state index in [1.165, 1.54) is 5.56 Å². The Labute approximate surface area is 161 Å². The highest BCUT2D eigenvalue weighted by molar-refractivity contribution is 5.97. The second kappa shape index (κ2) is 8.25. The molecule has 0 aromatic heterocycles. The van der Waals surface area contributed by atoms with E-state index in [1.807, 2.05) is 34.6 Å². The zero-order valence-corrected chi connectivity index (χ0v) is 17.0. The summed E-state index contributed by atoms with van der Waals surface area (Å²) in [5, 5.41) is 8.94. The lowest BCUT2D eigenvalue weighted by molar-refractivity contribution is -0.123. The highest BCUT2D eigenvalue weighted by atomic mass is 16.2. The van der Waals surface area contributed by atoms with Crippen molar-refractivity contribution in [3.05, 3.63) is 53.1 Å². The van der Waals surface area contributed by atoms with Gasteiger partial charge in [0.15, 0.2) is 0 Å². The SMILES string of the molecule is Cc1cc(C)c(NCC(=O)Nc2cccc(NC(=O)C(C)(C)C)c2)c(C)c1. The van der Waals surface area contributed by atoms with Crippen LogP contribution in [0.15, 0.2) is 36.4 Å². The quantitative estimate of drug-likeness (QED) is 0.720. The number of hydrogen-bond acceptors (Lipinski definition) is 3. The molecule has 0 bridgehead atoms. The molecule has 144 valence electrons. The van der Waals surface area contributed by atoms with E-state index in [1.54, 1.807) is 24.3 Å². The number of hydrogen-bond donors (Lipinski definition) is 3. The van der Waals surface area contributed by atoms with Crippen molar-refractivity contribution in [2.75, 3.05) is 22.5 Å². The highest BCUT2D eigenvalue weighted by Crippen LogP contribution is 2.22. The van der Waals surface area contributed by atoms with E-state index in [9.17, 15) is 9.59 Å². The van der Waals surface area contributed by atoms with Crippen LogP contribution < -0.4 is 16.0 Å². The summed E-state index contributed by atoms with van der Waals surface area (Å²) in [6.45, 7) is 11.9. The summed E-state index contributed by atoms with van der Waals surface area (Å²) in [5.41, 5.74) is 5.25. The minimum absolute atomic E-state index is 0.0713. The molecule has 3 N–H and O–H groups in total. The average molecular weight is 367 g/mol. The molecule has 0 aliphatic carbocycles. The first-order chi connectivity index (χ1) is 12.6. The van der Waals surface area contributed by atoms with Gasteiger partial charge in [0.1, 0.15) is 0 Å². The van der Waals surface area contributed by atoms with E-state index in [4.69, 9.17) is 0 Å². The molecule has 2 aromatic rings. The molecule has 0 aliphatic heterocycles. The Morgan fingerprint density at radius 1 is 0.889 bits per heavy atom. The standard InChI is InChI=1S/C22H29N3O2/c1-14-10-15(2)20(16(3)11-14)23-13-19(26)24-17-8-7-9-18(12-17)25-21(27)22(4,5)6/h7-12,23H,13H2,1-6H3,(H,24,26)(H,25,27). The average Bonchev–Trinajstić information content (AvgIpc) is 2.53. The van der Waals surface area contributed by atoms with Crippen LogP contribution in [0.25, 0.3) is 0 Å². The summed E-state index contributed by atoms with van der Waals surface area (Å²) >= 11 is 0. The van der Waals surface area contributed by atoms with Crippen LogP contribution >= 0.6 is 0 Å². The minimum Gasteiger partial charge on any atom is -0.376 e. The summed E-state index contributed by atoms with van der Waals surface area (Å²) in [6.07, 6.45) is 0. The van der Waals surface area contributed by atoms with E-state index in [-0.39, 0.29) is 18.4 Å². The lowest BCUT2D eigenvalue weighted by atomic mass is 9.95. The van der Waals surface area contributed by atoms with Crippen LogP contribution in [0.3, 0.4) is 0 Å². The molecule has 0 unspecified atom stereocenters. The number of carbonyl (C=O) groups is 2. The number of aryl methyl sites for hydroxylation is 3. The third kappa shape index (κ3) is 5.84. The van der Waals surface area contributed by atoms with Crippen molar-refractivity contribution in [2.45, 2.75) is 41.5 Å². The smallest absolute Gasteiger partial charge is 0.243 e. The van der Waals surface area contributed by atoms with Gasteiger partial charge in [0, 0.05) is 22.5 Å². The Hall–Kier alpha value is -2.82. The van der Waals surface area contributed by atoms with Crippen LogP contribution in [0.5, 0.6) is 0 Å². The molecule has 0 aliphatic rings. The van der Waals surface area contributed by atoms with Gasteiger partial charge in [-0.15, -0.1) is 0 Å². The van der Waals surface area contributed by atoms with Crippen molar-refractivity contribution in [1.29, 1.82) is 0 Å². The summed E-state index contributed by atoms with van der Waals surface area (Å²) in [4.78, 5) is 24.4. The first kappa shape index (κ1) is 20.5. The van der Waals surface area contributed by atoms with Gasteiger partial charge in [-0.2, -0.15) is 0 Å². The molecular formula is C22H29N3O2. The number of anilines is 3. The van der Waals surface area contributed by atoms with Crippen molar-refractivity contribution >= 4 is 28.9 Å². The molecule has 0 heterocycles. The molecule has 0 radical (unpaired) electrons. The maximum atomic E-state index is 12.3. The fraction of sp³-hybridized carbons (Fsp3) is 0.364. The fourth-order valence-electron chi connectivity index (χ4n) is 2.83. The van der Waals surface area contributed by atoms with E-state index in [0.29, 0.717) is 11.4 Å². The molecule has 5 heteroatoms. The number of nitrogens with one attached hydrogen (secondary N) is 3. The van der Waals surface area contributed by atoms with Crippen LogP contribution in [0, 0.1) is 26.2 Å². The molecule has 0 atom stereocenters. The van der Waals surface area contributed by atoms with Crippen molar-refractivity contribution in [1.82, 2.24) is 0 Å². The Morgan fingerprint density at radius 2 is 1.44 bits per heavy atom. The van der Waals surface area contributed by atoms with Crippen LogP contribution in [0.4, 0.5) is 17.1 Å². The lowest BCUT2D eigenvalue weighted by Crippen LogP contribution is -2.27. The van der Waals surface area contributed by atoms with Crippen molar-refractivity contribution in [3.63, 3.8) is 0 Å². The van der Waals surface area contributed by atoms with Gasteiger partial charge in [-0.05, 0) is 50.1 Å². The third-order valence-electron chi connectivity index (χ3n) is 4.19. The minimum atomic E-state index is -0.479. The second-order valence-electron chi connectivity index (χ2n) is 7.96. The molecular weight excluding hydrogens is 338 g/mol. The summed E-state index contributed by atoms with van der Waals surface area (Å²) in [5.74, 6) is -0.216. The highest BCUT2D eigenvalue weighted by Gasteiger charge is 2.21. The van der Waals surface area contributed by atoms with Gasteiger partial charge in [-0.25, -0.2) is 0 Å². The van der Waals surface area contributed by atoms with Crippen LogP contribution in [-0.4, -0.2) is 18.4 Å². The Bertz CT molecular complexity index is 828. The first-order valence-electron chi connectivity index (χ1n) is 9.09. The van der Waals surface area contributed by atoms with Gasteiger partial charge in [-0.1, -0.05) is 44.5 Å². The number of amides is 2. The summed E-state index contributed by atoms with van der Waals surface area (Å²) in [7, 11) is 0. The third-order valence-corrected chi connectivity index (χ3v) is 4.19. The van der Waals surface area contributed by atoms with Crippen LogP contribution in [-0.2, 0) is 9.59 Å². The predicted octanol–water partition coefficient (Wildman–Crippen LogP) is 4.65. The Kier molecular flexibility index (Phi) is 6.26. The Morgan fingerprint density at radius 3 is 2.00 bits per heavy atom. The molecule has 5 nitrogen and oxygen atoms in total.